The van der Waals surface area contributed by atoms with Gasteiger partial charge in [-0.25, -0.2) is 8.42 Å². The van der Waals surface area contributed by atoms with Gasteiger partial charge in [0, 0.05) is 25.6 Å². The van der Waals surface area contributed by atoms with Crippen molar-refractivity contribution < 1.29 is 22.7 Å². The Morgan fingerprint density at radius 2 is 2.11 bits per heavy atom. The molecule has 0 aliphatic carbocycles. The lowest BCUT2D eigenvalue weighted by Gasteiger charge is -2.32. The average Bonchev–Trinajstić information content (AvgIpc) is 3.00. The molecule has 1 atom stereocenters. The fourth-order valence-electron chi connectivity index (χ4n) is 3.61. The second-order valence-corrected chi connectivity index (χ2v) is 9.28. The second-order valence-electron chi connectivity index (χ2n) is 7.05. The topological polar surface area (TPSA) is 84.0 Å². The van der Waals surface area contributed by atoms with E-state index in [1.54, 1.807) is 21.9 Å². The minimum absolute atomic E-state index is 0.0361. The predicted octanol–water partition coefficient (Wildman–Crippen LogP) is 1.62. The number of rotatable bonds is 7. The van der Waals surface area contributed by atoms with E-state index in [-0.39, 0.29) is 48.9 Å². The number of para-hydroxylation sites is 2. The van der Waals surface area contributed by atoms with E-state index in [0.29, 0.717) is 24.4 Å². The Labute approximate surface area is 160 Å². The van der Waals surface area contributed by atoms with Gasteiger partial charge in [-0.05, 0) is 25.0 Å². The monoisotopic (exact) mass is 394 g/mol. The maximum absolute atomic E-state index is 12.9. The SMILES string of the molecule is CCCCN(C(=O)CCN1C(=O)COc2ccccc21)C1CCS(=O)(=O)C1. The van der Waals surface area contributed by atoms with Crippen molar-refractivity contribution in [3.63, 3.8) is 0 Å². The molecule has 7 nitrogen and oxygen atoms in total. The first-order valence-corrected chi connectivity index (χ1v) is 11.3. The number of carbonyl (C=O) groups excluding carboxylic acids is 2. The first-order valence-electron chi connectivity index (χ1n) is 9.43. The third-order valence-electron chi connectivity index (χ3n) is 5.08. The summed E-state index contributed by atoms with van der Waals surface area (Å²) in [6, 6.07) is 7.02. The molecule has 2 heterocycles. The van der Waals surface area contributed by atoms with Crippen LogP contribution in [0, 0.1) is 0 Å². The van der Waals surface area contributed by atoms with Crippen molar-refractivity contribution in [3.05, 3.63) is 24.3 Å². The van der Waals surface area contributed by atoms with Gasteiger partial charge in [0.2, 0.25) is 5.91 Å². The first kappa shape index (κ1) is 19.7. The largest absolute Gasteiger partial charge is 0.482 e. The van der Waals surface area contributed by atoms with E-state index in [1.165, 1.54) is 0 Å². The molecule has 1 fully saturated rings. The molecule has 27 heavy (non-hydrogen) atoms. The number of carbonyl (C=O) groups is 2. The molecule has 1 aromatic carbocycles. The Morgan fingerprint density at radius 3 is 2.81 bits per heavy atom. The van der Waals surface area contributed by atoms with Crippen LogP contribution in [-0.2, 0) is 19.4 Å². The Balaban J connectivity index is 1.68. The fourth-order valence-corrected chi connectivity index (χ4v) is 5.34. The highest BCUT2D eigenvalue weighted by Gasteiger charge is 2.34. The number of hydrogen-bond acceptors (Lipinski definition) is 5. The van der Waals surface area contributed by atoms with E-state index in [2.05, 4.69) is 0 Å². The summed E-state index contributed by atoms with van der Waals surface area (Å²) in [5.41, 5.74) is 0.671. The van der Waals surface area contributed by atoms with Crippen LogP contribution < -0.4 is 9.64 Å². The van der Waals surface area contributed by atoms with Gasteiger partial charge in [-0.15, -0.1) is 0 Å². The highest BCUT2D eigenvalue weighted by molar-refractivity contribution is 7.91. The lowest BCUT2D eigenvalue weighted by atomic mass is 10.1. The minimum Gasteiger partial charge on any atom is -0.482 e. The summed E-state index contributed by atoms with van der Waals surface area (Å²) in [5.74, 6) is 0.548. The molecular weight excluding hydrogens is 368 g/mol. The fraction of sp³-hybridized carbons (Fsp3) is 0.579. The van der Waals surface area contributed by atoms with Crippen LogP contribution in [0.1, 0.15) is 32.6 Å². The van der Waals surface area contributed by atoms with E-state index < -0.39 is 9.84 Å². The van der Waals surface area contributed by atoms with Crippen LogP contribution >= 0.6 is 0 Å². The zero-order valence-electron chi connectivity index (χ0n) is 15.6. The lowest BCUT2D eigenvalue weighted by molar-refractivity contribution is -0.133. The molecule has 0 aromatic heterocycles. The molecule has 3 rings (SSSR count). The molecule has 0 saturated carbocycles. The number of fused-ring (bicyclic) bond motifs is 1. The standard InChI is InChI=1S/C19H26N2O5S/c1-2-3-10-20(15-9-12-27(24,25)14-15)18(22)8-11-21-16-6-4-5-7-17(16)26-13-19(21)23/h4-7,15H,2-3,8-14H2,1H3. The van der Waals surface area contributed by atoms with E-state index in [0.717, 1.165) is 12.8 Å². The molecule has 0 radical (unpaired) electrons. The summed E-state index contributed by atoms with van der Waals surface area (Å²) in [6.45, 7) is 2.83. The molecule has 0 N–H and O–H groups in total. The summed E-state index contributed by atoms with van der Waals surface area (Å²) in [6.07, 6.45) is 2.43. The van der Waals surface area contributed by atoms with Crippen molar-refractivity contribution in [1.82, 2.24) is 4.90 Å². The van der Waals surface area contributed by atoms with Gasteiger partial charge in [-0.1, -0.05) is 25.5 Å². The maximum atomic E-state index is 12.9. The van der Waals surface area contributed by atoms with Crippen LogP contribution in [0.4, 0.5) is 5.69 Å². The van der Waals surface area contributed by atoms with Gasteiger partial charge >= 0.3 is 0 Å². The normalized spacial score (nSPS) is 20.9. The van der Waals surface area contributed by atoms with Gasteiger partial charge in [0.15, 0.2) is 16.4 Å². The smallest absolute Gasteiger partial charge is 0.265 e. The second kappa shape index (κ2) is 8.29. The highest BCUT2D eigenvalue weighted by atomic mass is 32.2. The quantitative estimate of drug-likeness (QED) is 0.702. The summed E-state index contributed by atoms with van der Waals surface area (Å²) in [5, 5.41) is 0. The van der Waals surface area contributed by atoms with Crippen molar-refractivity contribution in [2.45, 2.75) is 38.6 Å². The number of hydrogen-bond donors (Lipinski definition) is 0. The number of anilines is 1. The Bertz CT molecular complexity index is 808. The van der Waals surface area contributed by atoms with Crippen LogP contribution in [0.2, 0.25) is 0 Å². The predicted molar refractivity (Wildman–Crippen MR) is 103 cm³/mol. The third kappa shape index (κ3) is 4.61. The Kier molecular flexibility index (Phi) is 6.04. The number of nitrogens with zero attached hydrogens (tertiary/aromatic N) is 2. The van der Waals surface area contributed by atoms with Crippen molar-refractivity contribution in [2.75, 3.05) is 36.1 Å². The molecule has 2 aliphatic rings. The average molecular weight is 394 g/mol. The van der Waals surface area contributed by atoms with Gasteiger partial charge in [-0.3, -0.25) is 9.59 Å². The molecular formula is C19H26N2O5S. The van der Waals surface area contributed by atoms with Gasteiger partial charge in [0.25, 0.3) is 5.91 Å². The van der Waals surface area contributed by atoms with Crippen LogP contribution in [0.5, 0.6) is 5.75 Å². The summed E-state index contributed by atoms with van der Waals surface area (Å²) >= 11 is 0. The summed E-state index contributed by atoms with van der Waals surface area (Å²) in [7, 11) is -3.06. The lowest BCUT2D eigenvalue weighted by Crippen LogP contribution is -2.45. The maximum Gasteiger partial charge on any atom is 0.265 e. The van der Waals surface area contributed by atoms with Crippen molar-refractivity contribution in [3.8, 4) is 5.75 Å². The highest BCUT2D eigenvalue weighted by Crippen LogP contribution is 2.31. The van der Waals surface area contributed by atoms with Crippen LogP contribution in [0.3, 0.4) is 0 Å². The molecule has 0 spiro atoms. The first-order chi connectivity index (χ1) is 12.9. The molecule has 1 saturated heterocycles. The number of ether oxygens (including phenoxy) is 1. The van der Waals surface area contributed by atoms with Gasteiger partial charge in [0.1, 0.15) is 5.75 Å². The molecule has 8 heteroatoms. The molecule has 148 valence electrons. The number of unbranched alkanes of at least 4 members (excludes halogenated alkanes) is 1. The number of sulfone groups is 1. The summed E-state index contributed by atoms with van der Waals surface area (Å²) in [4.78, 5) is 28.4. The molecule has 0 bridgehead atoms. The molecule has 2 amide bonds. The number of benzene rings is 1. The van der Waals surface area contributed by atoms with Crippen LogP contribution in [0.25, 0.3) is 0 Å². The minimum atomic E-state index is -3.06. The van der Waals surface area contributed by atoms with Crippen molar-refractivity contribution >= 4 is 27.3 Å². The van der Waals surface area contributed by atoms with Crippen LogP contribution in [-0.4, -0.2) is 62.4 Å². The van der Waals surface area contributed by atoms with E-state index >= 15 is 0 Å². The van der Waals surface area contributed by atoms with Crippen LogP contribution in [0.15, 0.2) is 24.3 Å². The zero-order chi connectivity index (χ0) is 19.4. The zero-order valence-corrected chi connectivity index (χ0v) is 16.4. The van der Waals surface area contributed by atoms with E-state index in [9.17, 15) is 18.0 Å². The Hall–Kier alpha value is -2.09. The van der Waals surface area contributed by atoms with Gasteiger partial charge in [0.05, 0.1) is 17.2 Å². The summed E-state index contributed by atoms with van der Waals surface area (Å²) < 4.78 is 29.1. The third-order valence-corrected chi connectivity index (χ3v) is 6.83. The van der Waals surface area contributed by atoms with Crippen molar-refractivity contribution in [1.29, 1.82) is 0 Å². The van der Waals surface area contributed by atoms with E-state index in [1.807, 2.05) is 19.1 Å². The molecule has 1 aromatic rings. The van der Waals surface area contributed by atoms with E-state index in [4.69, 9.17) is 4.74 Å². The molecule has 1 unspecified atom stereocenters. The Morgan fingerprint density at radius 1 is 1.33 bits per heavy atom. The van der Waals surface area contributed by atoms with Gasteiger partial charge < -0.3 is 14.5 Å². The molecule has 2 aliphatic heterocycles. The van der Waals surface area contributed by atoms with Gasteiger partial charge in [-0.2, -0.15) is 0 Å². The number of amides is 2. The van der Waals surface area contributed by atoms with Crippen molar-refractivity contribution in [2.24, 2.45) is 0 Å².